The molecule has 1 fully saturated rings. The molecule has 1 saturated carbocycles. The third kappa shape index (κ3) is 7.07. The second-order valence-electron chi connectivity index (χ2n) is 13.4. The fourth-order valence-corrected chi connectivity index (χ4v) is 8.60. The number of sulfonamides is 1. The average Bonchev–Trinajstić information content (AvgIpc) is 3.08. The van der Waals surface area contributed by atoms with Gasteiger partial charge in [-0.05, 0) is 105 Å². The number of ether oxygens (including phenoxy) is 2. The number of aliphatic hydroxyl groups is 1. The predicted molar refractivity (Wildman–Crippen MR) is 187 cm³/mol. The quantitative estimate of drug-likeness (QED) is 0.295. The van der Waals surface area contributed by atoms with Crippen LogP contribution in [-0.4, -0.2) is 49.9 Å². The molecule has 2 bridgehead atoms. The molecular formula is C37H44ClN3O6S. The van der Waals surface area contributed by atoms with E-state index in [4.69, 9.17) is 21.1 Å². The van der Waals surface area contributed by atoms with Crippen molar-refractivity contribution in [3.8, 4) is 11.6 Å². The number of halogens is 1. The molecule has 1 amide bonds. The summed E-state index contributed by atoms with van der Waals surface area (Å²) < 4.78 is 41.0. The highest BCUT2D eigenvalue weighted by Gasteiger charge is 2.48. The van der Waals surface area contributed by atoms with Crippen LogP contribution < -0.4 is 19.1 Å². The summed E-state index contributed by atoms with van der Waals surface area (Å²) in [5, 5.41) is 12.3. The van der Waals surface area contributed by atoms with Gasteiger partial charge in [0.15, 0.2) is 0 Å². The molecule has 0 unspecified atom stereocenters. The lowest BCUT2D eigenvalue weighted by Gasteiger charge is -2.48. The van der Waals surface area contributed by atoms with Crippen molar-refractivity contribution in [2.75, 3.05) is 25.1 Å². The Morgan fingerprint density at radius 2 is 1.92 bits per heavy atom. The molecule has 1 aliphatic carbocycles. The fourth-order valence-electron chi connectivity index (χ4n) is 7.12. The zero-order valence-electron chi connectivity index (χ0n) is 27.7. The molecule has 2 aromatic carbocycles. The smallest absolute Gasteiger partial charge is 0.264 e. The van der Waals surface area contributed by atoms with Crippen molar-refractivity contribution < 1.29 is 27.8 Å². The summed E-state index contributed by atoms with van der Waals surface area (Å²) in [4.78, 5) is 20.4. The van der Waals surface area contributed by atoms with E-state index in [1.54, 1.807) is 44.4 Å². The summed E-state index contributed by atoms with van der Waals surface area (Å²) in [6, 6.07) is 16.4. The Kier molecular flexibility index (Phi) is 10.1. The van der Waals surface area contributed by atoms with E-state index < -0.39 is 26.8 Å². The molecule has 2 aliphatic heterocycles. The number of allylic oxidation sites excluding steroid dienone is 1. The van der Waals surface area contributed by atoms with Gasteiger partial charge in [0.1, 0.15) is 18.0 Å². The minimum absolute atomic E-state index is 0.101. The zero-order chi connectivity index (χ0) is 34.1. The number of fused-ring (bicyclic) bond motifs is 3. The molecule has 6 rings (SSSR count). The first-order valence-corrected chi connectivity index (χ1v) is 18.7. The van der Waals surface area contributed by atoms with Gasteiger partial charge in [-0.3, -0.25) is 4.79 Å². The van der Waals surface area contributed by atoms with Crippen LogP contribution in [0.5, 0.6) is 11.6 Å². The van der Waals surface area contributed by atoms with Gasteiger partial charge in [0, 0.05) is 35.7 Å². The van der Waals surface area contributed by atoms with Crippen molar-refractivity contribution in [3.05, 3.63) is 94.2 Å². The first kappa shape index (κ1) is 34.3. The van der Waals surface area contributed by atoms with E-state index in [-0.39, 0.29) is 23.3 Å². The molecule has 9 nitrogen and oxygen atoms in total. The van der Waals surface area contributed by atoms with Crippen LogP contribution in [-0.2, 0) is 28.7 Å². The van der Waals surface area contributed by atoms with Crippen molar-refractivity contribution in [1.29, 1.82) is 0 Å². The molecule has 3 aliphatic rings. The Balaban J connectivity index is 1.44. The summed E-state index contributed by atoms with van der Waals surface area (Å²) in [5.41, 5.74) is 2.24. The molecule has 3 heterocycles. The molecule has 1 aromatic heterocycles. The largest absolute Gasteiger partial charge is 0.487 e. The van der Waals surface area contributed by atoms with Gasteiger partial charge in [-0.2, -0.15) is 0 Å². The summed E-state index contributed by atoms with van der Waals surface area (Å²) in [7, 11) is -2.46. The van der Waals surface area contributed by atoms with Crippen LogP contribution in [0.25, 0.3) is 0 Å². The summed E-state index contributed by atoms with van der Waals surface area (Å²) in [6.07, 6.45) is 8.36. The Morgan fingerprint density at radius 3 is 2.69 bits per heavy atom. The minimum atomic E-state index is -4.01. The molecule has 5 atom stereocenters. The maximum atomic E-state index is 13.5. The molecule has 48 heavy (non-hydrogen) atoms. The Hall–Kier alpha value is -3.60. The maximum absolute atomic E-state index is 13.5. The monoisotopic (exact) mass is 693 g/mol. The molecular weight excluding hydrogens is 650 g/mol. The summed E-state index contributed by atoms with van der Waals surface area (Å²) in [6.45, 7) is 5.04. The second-order valence-corrected chi connectivity index (χ2v) is 15.9. The molecule has 2 N–H and O–H groups in total. The average molecular weight is 694 g/mol. The van der Waals surface area contributed by atoms with Crippen molar-refractivity contribution in [3.63, 3.8) is 0 Å². The number of pyridine rings is 1. The lowest BCUT2D eigenvalue weighted by molar-refractivity contribution is -0.0530. The number of nitrogens with zero attached hydrogens (tertiary/aromatic N) is 2. The van der Waals surface area contributed by atoms with Crippen LogP contribution in [0, 0.1) is 17.8 Å². The van der Waals surface area contributed by atoms with Crippen LogP contribution in [0.1, 0.15) is 73.1 Å². The normalized spacial score (nSPS) is 28.3. The predicted octanol–water partition coefficient (Wildman–Crippen LogP) is 6.42. The number of aromatic nitrogens is 1. The molecule has 3 aromatic rings. The van der Waals surface area contributed by atoms with Gasteiger partial charge in [-0.1, -0.05) is 42.8 Å². The number of methoxy groups -OCH3 is 1. The van der Waals surface area contributed by atoms with Gasteiger partial charge in [0.05, 0.1) is 23.7 Å². The maximum Gasteiger partial charge on any atom is 0.264 e. The third-order valence-corrected chi connectivity index (χ3v) is 12.6. The molecule has 0 radical (unpaired) electrons. The number of rotatable bonds is 2. The van der Waals surface area contributed by atoms with Gasteiger partial charge in [0.25, 0.3) is 5.91 Å². The zero-order valence-corrected chi connectivity index (χ0v) is 29.3. The highest BCUT2D eigenvalue weighted by molar-refractivity contribution is 7.90. The van der Waals surface area contributed by atoms with E-state index in [1.165, 1.54) is 0 Å². The SMILES string of the molecule is COc1cccc([C@]2(O)/C=C/C[C@H](C)[C@@H](C)S(=O)(=O)NC(=O)c3ccc4c(c3)N(CCCCc3cc(Cl)ccc3CO4)C[C@@H]3CC[C@H]32)n1. The molecule has 256 valence electrons. The van der Waals surface area contributed by atoms with Crippen LogP contribution in [0.4, 0.5) is 5.69 Å². The minimum Gasteiger partial charge on any atom is -0.487 e. The van der Waals surface area contributed by atoms with E-state index in [0.29, 0.717) is 48.5 Å². The van der Waals surface area contributed by atoms with Crippen LogP contribution in [0.2, 0.25) is 5.02 Å². The highest BCUT2D eigenvalue weighted by Crippen LogP contribution is 2.49. The van der Waals surface area contributed by atoms with Crippen LogP contribution in [0.3, 0.4) is 0 Å². The number of amides is 1. The van der Waals surface area contributed by atoms with Gasteiger partial charge in [-0.25, -0.2) is 18.1 Å². The third-order valence-electron chi connectivity index (χ3n) is 10.4. The van der Waals surface area contributed by atoms with Crippen molar-refractivity contribution >= 4 is 33.2 Å². The highest BCUT2D eigenvalue weighted by atomic mass is 35.5. The second kappa shape index (κ2) is 14.1. The van der Waals surface area contributed by atoms with E-state index >= 15 is 0 Å². The number of anilines is 1. The lowest BCUT2D eigenvalue weighted by atomic mass is 9.63. The summed E-state index contributed by atoms with van der Waals surface area (Å²) in [5.74, 6) is -0.0566. The number of aryl methyl sites for hydroxylation is 1. The van der Waals surface area contributed by atoms with E-state index in [0.717, 1.165) is 48.9 Å². The number of hydrogen-bond donors (Lipinski definition) is 2. The van der Waals surface area contributed by atoms with E-state index in [1.807, 2.05) is 43.3 Å². The first-order chi connectivity index (χ1) is 23.0. The molecule has 0 spiro atoms. The van der Waals surface area contributed by atoms with Gasteiger partial charge in [0.2, 0.25) is 15.9 Å². The Morgan fingerprint density at radius 1 is 1.08 bits per heavy atom. The Labute approximate surface area is 288 Å². The summed E-state index contributed by atoms with van der Waals surface area (Å²) >= 11 is 6.35. The standard InChI is InChI=1S/C37H44ClN3O6S/c1-24-8-7-18-37(43,34-10-6-11-35(39-34)46-3)31-16-13-28(31)22-41-19-5-4-9-26-20-30(38)15-12-29(26)23-47-33-17-14-27(21-32(33)41)36(42)40-48(44,45)25(24)2/h6-7,10-12,14-15,17-18,20-21,24-25,28,31,43H,4-5,8-9,13,16,19,22-23H2,1-3H3,(H,40,42)/b18-7+/t24-,25+,28-,31+,37-/m0/s1. The van der Waals surface area contributed by atoms with Crippen LogP contribution in [0.15, 0.2) is 66.7 Å². The first-order valence-electron chi connectivity index (χ1n) is 16.7. The van der Waals surface area contributed by atoms with Crippen molar-refractivity contribution in [2.45, 2.75) is 69.8 Å². The van der Waals surface area contributed by atoms with Crippen molar-refractivity contribution in [2.24, 2.45) is 17.8 Å². The van der Waals surface area contributed by atoms with Gasteiger partial charge in [-0.15, -0.1) is 0 Å². The van der Waals surface area contributed by atoms with Gasteiger partial charge >= 0.3 is 0 Å². The van der Waals surface area contributed by atoms with E-state index in [2.05, 4.69) is 14.6 Å². The number of benzene rings is 2. The van der Waals surface area contributed by atoms with Crippen molar-refractivity contribution in [1.82, 2.24) is 9.71 Å². The fraction of sp³-hybridized carbons (Fsp3) is 0.459. The lowest BCUT2D eigenvalue weighted by Crippen LogP contribution is -2.49. The number of carbonyl (C=O) groups excluding carboxylic acids is 1. The van der Waals surface area contributed by atoms with E-state index in [9.17, 15) is 18.3 Å². The number of carbonyl (C=O) groups is 1. The Bertz CT molecular complexity index is 1800. The topological polar surface area (TPSA) is 118 Å². The number of hydrogen-bond acceptors (Lipinski definition) is 8. The van der Waals surface area contributed by atoms with Gasteiger partial charge < -0.3 is 19.5 Å². The van der Waals surface area contributed by atoms with Crippen LogP contribution >= 0.6 is 11.6 Å². The number of nitrogens with one attached hydrogen (secondary N) is 1. The molecule has 11 heteroatoms. The molecule has 0 saturated heterocycles.